The molecule has 4 aromatic carbocycles. The first-order valence-corrected chi connectivity index (χ1v) is 14.4. The van der Waals surface area contributed by atoms with Crippen molar-refractivity contribution in [2.75, 3.05) is 0 Å². The van der Waals surface area contributed by atoms with E-state index >= 15 is 0 Å². The summed E-state index contributed by atoms with van der Waals surface area (Å²) in [5.41, 5.74) is 11.5. The Bertz CT molecular complexity index is 2180. The Morgan fingerprint density at radius 3 is 2.02 bits per heavy atom. The number of rotatable bonds is 5. The number of para-hydroxylation sites is 1. The summed E-state index contributed by atoms with van der Waals surface area (Å²) in [6, 6.07) is 48.6. The van der Waals surface area contributed by atoms with Crippen LogP contribution in [-0.2, 0) is 0 Å². The minimum atomic E-state index is 0.838. The first-order chi connectivity index (χ1) is 21.3. The van der Waals surface area contributed by atoms with Crippen LogP contribution in [0.2, 0.25) is 0 Å². The van der Waals surface area contributed by atoms with Crippen LogP contribution in [0, 0.1) is 0 Å². The lowest BCUT2D eigenvalue weighted by atomic mass is 9.98. The van der Waals surface area contributed by atoms with Crippen LogP contribution >= 0.6 is 0 Å². The first-order valence-electron chi connectivity index (χ1n) is 14.4. The minimum Gasteiger partial charge on any atom is -0.308 e. The zero-order chi connectivity index (χ0) is 28.6. The molecule has 0 unspecified atom stereocenters. The fourth-order valence-corrected chi connectivity index (χ4v) is 5.90. The molecule has 0 aliphatic heterocycles. The SMILES string of the molecule is c1ccc(-c2cccc(-c3cc(-c4cccc(-n5c6ccccc6c6ccncc65)c4)cc(-c4ccccn4)n3)c2)cc1. The zero-order valence-corrected chi connectivity index (χ0v) is 23.3. The van der Waals surface area contributed by atoms with Gasteiger partial charge in [-0.15, -0.1) is 0 Å². The normalized spacial score (nSPS) is 11.3. The quantitative estimate of drug-likeness (QED) is 0.214. The van der Waals surface area contributed by atoms with Crippen LogP contribution in [-0.4, -0.2) is 19.5 Å². The number of hydrogen-bond donors (Lipinski definition) is 0. The van der Waals surface area contributed by atoms with Crippen molar-refractivity contribution in [3.8, 4) is 50.6 Å². The second kappa shape index (κ2) is 10.5. The van der Waals surface area contributed by atoms with Gasteiger partial charge >= 0.3 is 0 Å². The summed E-state index contributed by atoms with van der Waals surface area (Å²) in [6.45, 7) is 0. The summed E-state index contributed by atoms with van der Waals surface area (Å²) in [7, 11) is 0. The van der Waals surface area contributed by atoms with Gasteiger partial charge in [-0.05, 0) is 76.9 Å². The summed E-state index contributed by atoms with van der Waals surface area (Å²) < 4.78 is 2.30. The third-order valence-corrected chi connectivity index (χ3v) is 7.93. The molecule has 0 amide bonds. The summed E-state index contributed by atoms with van der Waals surface area (Å²) in [6.07, 6.45) is 5.63. The molecule has 0 radical (unpaired) electrons. The second-order valence-electron chi connectivity index (χ2n) is 10.6. The van der Waals surface area contributed by atoms with E-state index in [9.17, 15) is 0 Å². The highest BCUT2D eigenvalue weighted by Gasteiger charge is 2.14. The third-order valence-electron chi connectivity index (χ3n) is 7.93. The number of pyridine rings is 3. The van der Waals surface area contributed by atoms with Crippen molar-refractivity contribution in [2.24, 2.45) is 0 Å². The molecule has 0 atom stereocenters. The van der Waals surface area contributed by atoms with Crippen LogP contribution in [0.3, 0.4) is 0 Å². The predicted octanol–water partition coefficient (Wildman–Crippen LogP) is 9.64. The van der Waals surface area contributed by atoms with Gasteiger partial charge in [0, 0.05) is 34.4 Å². The summed E-state index contributed by atoms with van der Waals surface area (Å²) in [5.74, 6) is 0. The fraction of sp³-hybridized carbons (Fsp3) is 0. The summed E-state index contributed by atoms with van der Waals surface area (Å²) in [4.78, 5) is 14.2. The number of nitrogens with zero attached hydrogens (tertiary/aromatic N) is 4. The van der Waals surface area contributed by atoms with E-state index in [0.717, 1.165) is 56.1 Å². The van der Waals surface area contributed by atoms with Crippen molar-refractivity contribution in [1.29, 1.82) is 0 Å². The van der Waals surface area contributed by atoms with E-state index in [4.69, 9.17) is 4.98 Å². The van der Waals surface area contributed by atoms with Gasteiger partial charge in [0.25, 0.3) is 0 Å². The standard InChI is InChI=1S/C39H26N4/c1-2-10-27(11-3-1)28-12-8-14-30(22-28)36-24-31(25-37(42-36)35-17-6-7-20-41-35)29-13-9-15-32(23-29)43-38-18-5-4-16-33(38)34-19-21-40-26-39(34)43/h1-26H. The van der Waals surface area contributed by atoms with Crippen LogP contribution < -0.4 is 0 Å². The average Bonchev–Trinajstić information content (AvgIpc) is 3.43. The molecule has 0 aliphatic rings. The summed E-state index contributed by atoms with van der Waals surface area (Å²) in [5, 5.41) is 2.41. The number of benzene rings is 4. The van der Waals surface area contributed by atoms with Gasteiger partial charge in [-0.3, -0.25) is 9.97 Å². The lowest BCUT2D eigenvalue weighted by molar-refractivity contribution is 1.17. The maximum atomic E-state index is 5.11. The van der Waals surface area contributed by atoms with Gasteiger partial charge in [0.05, 0.1) is 34.3 Å². The van der Waals surface area contributed by atoms with Crippen molar-refractivity contribution < 1.29 is 0 Å². The van der Waals surface area contributed by atoms with E-state index in [1.54, 1.807) is 0 Å². The molecular weight excluding hydrogens is 524 g/mol. The molecule has 0 fully saturated rings. The molecule has 4 heterocycles. The van der Waals surface area contributed by atoms with Gasteiger partial charge < -0.3 is 4.57 Å². The molecule has 0 aliphatic carbocycles. The predicted molar refractivity (Wildman–Crippen MR) is 176 cm³/mol. The molecule has 4 aromatic heterocycles. The summed E-state index contributed by atoms with van der Waals surface area (Å²) >= 11 is 0. The maximum Gasteiger partial charge on any atom is 0.0899 e. The van der Waals surface area contributed by atoms with Crippen LogP contribution in [0.1, 0.15) is 0 Å². The van der Waals surface area contributed by atoms with Crippen LogP contribution in [0.15, 0.2) is 158 Å². The molecular formula is C39H26N4. The Labute approximate surface area is 249 Å². The van der Waals surface area contributed by atoms with Crippen LogP contribution in [0.5, 0.6) is 0 Å². The van der Waals surface area contributed by atoms with Crippen molar-refractivity contribution in [3.63, 3.8) is 0 Å². The van der Waals surface area contributed by atoms with E-state index in [0.29, 0.717) is 0 Å². The van der Waals surface area contributed by atoms with Gasteiger partial charge in [0.1, 0.15) is 0 Å². The molecule has 43 heavy (non-hydrogen) atoms. The van der Waals surface area contributed by atoms with Gasteiger partial charge in [-0.2, -0.15) is 0 Å². The fourth-order valence-electron chi connectivity index (χ4n) is 5.90. The molecule has 8 aromatic rings. The average molecular weight is 551 g/mol. The first kappa shape index (κ1) is 24.9. The van der Waals surface area contributed by atoms with E-state index < -0.39 is 0 Å². The van der Waals surface area contributed by atoms with Gasteiger partial charge in [-0.25, -0.2) is 4.98 Å². The van der Waals surface area contributed by atoms with Crippen LogP contribution in [0.4, 0.5) is 0 Å². The van der Waals surface area contributed by atoms with Crippen molar-refractivity contribution >= 4 is 21.8 Å². The Morgan fingerprint density at radius 2 is 1.14 bits per heavy atom. The minimum absolute atomic E-state index is 0.838. The number of hydrogen-bond acceptors (Lipinski definition) is 3. The molecule has 0 saturated heterocycles. The molecule has 4 nitrogen and oxygen atoms in total. The number of fused-ring (bicyclic) bond motifs is 3. The molecule has 0 N–H and O–H groups in total. The Morgan fingerprint density at radius 1 is 0.419 bits per heavy atom. The van der Waals surface area contributed by atoms with E-state index in [2.05, 4.69) is 130 Å². The highest BCUT2D eigenvalue weighted by molar-refractivity contribution is 6.09. The lowest BCUT2D eigenvalue weighted by Gasteiger charge is -2.13. The van der Waals surface area contributed by atoms with E-state index in [-0.39, 0.29) is 0 Å². The largest absolute Gasteiger partial charge is 0.308 e. The molecule has 8 rings (SSSR count). The van der Waals surface area contributed by atoms with E-state index in [1.807, 2.05) is 42.9 Å². The Balaban J connectivity index is 1.30. The lowest BCUT2D eigenvalue weighted by Crippen LogP contribution is -1.96. The van der Waals surface area contributed by atoms with Gasteiger partial charge in [0.2, 0.25) is 0 Å². The third kappa shape index (κ3) is 4.55. The Hall–Kier alpha value is -5.87. The van der Waals surface area contributed by atoms with Gasteiger partial charge in [0.15, 0.2) is 0 Å². The van der Waals surface area contributed by atoms with Crippen molar-refractivity contribution in [2.45, 2.75) is 0 Å². The Kier molecular flexibility index (Phi) is 6.08. The number of aromatic nitrogens is 4. The molecule has 0 saturated carbocycles. The molecule has 0 spiro atoms. The zero-order valence-electron chi connectivity index (χ0n) is 23.3. The van der Waals surface area contributed by atoms with Crippen LogP contribution in [0.25, 0.3) is 72.4 Å². The smallest absolute Gasteiger partial charge is 0.0899 e. The van der Waals surface area contributed by atoms with Gasteiger partial charge in [-0.1, -0.05) is 84.9 Å². The topological polar surface area (TPSA) is 43.6 Å². The highest BCUT2D eigenvalue weighted by Crippen LogP contribution is 2.35. The monoisotopic (exact) mass is 550 g/mol. The second-order valence-corrected chi connectivity index (χ2v) is 10.6. The maximum absolute atomic E-state index is 5.11. The molecule has 4 heteroatoms. The molecule has 0 bridgehead atoms. The highest BCUT2D eigenvalue weighted by atomic mass is 15.0. The van der Waals surface area contributed by atoms with E-state index in [1.165, 1.54) is 16.3 Å². The molecule has 202 valence electrons. The van der Waals surface area contributed by atoms with Crippen molar-refractivity contribution in [1.82, 2.24) is 19.5 Å². The van der Waals surface area contributed by atoms with Crippen molar-refractivity contribution in [3.05, 3.63) is 158 Å².